The number of hydrogen-bond acceptors (Lipinski definition) is 3. The summed E-state index contributed by atoms with van der Waals surface area (Å²) in [7, 11) is 1.59. The van der Waals surface area contributed by atoms with Crippen molar-refractivity contribution < 1.29 is 14.3 Å². The van der Waals surface area contributed by atoms with Crippen molar-refractivity contribution in [1.82, 2.24) is 5.32 Å². The number of methoxy groups -OCH3 is 1. The van der Waals surface area contributed by atoms with Crippen molar-refractivity contribution >= 4 is 17.5 Å². The molecule has 136 valence electrons. The maximum atomic E-state index is 12.3. The van der Waals surface area contributed by atoms with Crippen LogP contribution in [-0.2, 0) is 6.54 Å². The Labute approximate surface area is 158 Å². The largest absolute Gasteiger partial charge is 0.497 e. The van der Waals surface area contributed by atoms with Gasteiger partial charge in [-0.1, -0.05) is 30.3 Å². The van der Waals surface area contributed by atoms with Gasteiger partial charge in [-0.15, -0.1) is 0 Å². The first-order valence-corrected chi connectivity index (χ1v) is 8.53. The van der Waals surface area contributed by atoms with E-state index in [1.807, 2.05) is 30.3 Å². The number of carbonyl (C=O) groups is 2. The molecule has 5 heteroatoms. The molecule has 0 bridgehead atoms. The summed E-state index contributed by atoms with van der Waals surface area (Å²) in [6, 6.07) is 23.3. The lowest BCUT2D eigenvalue weighted by Crippen LogP contribution is -2.22. The minimum absolute atomic E-state index is 0.180. The third-order valence-electron chi connectivity index (χ3n) is 4.05. The molecule has 0 aromatic heterocycles. The van der Waals surface area contributed by atoms with Crippen LogP contribution >= 0.6 is 0 Å². The van der Waals surface area contributed by atoms with E-state index in [0.29, 0.717) is 23.4 Å². The predicted molar refractivity (Wildman–Crippen MR) is 105 cm³/mol. The van der Waals surface area contributed by atoms with Crippen molar-refractivity contribution in [2.75, 3.05) is 12.4 Å². The molecular formula is C22H20N2O3. The molecule has 2 amide bonds. The molecule has 3 rings (SSSR count). The minimum atomic E-state index is -0.239. The van der Waals surface area contributed by atoms with Crippen LogP contribution in [0.4, 0.5) is 5.69 Å². The molecule has 0 heterocycles. The normalized spacial score (nSPS) is 10.1. The van der Waals surface area contributed by atoms with Gasteiger partial charge in [-0.25, -0.2) is 0 Å². The Morgan fingerprint density at radius 2 is 1.37 bits per heavy atom. The van der Waals surface area contributed by atoms with Gasteiger partial charge in [0, 0.05) is 23.4 Å². The zero-order valence-corrected chi connectivity index (χ0v) is 14.9. The van der Waals surface area contributed by atoms with Gasteiger partial charge < -0.3 is 15.4 Å². The number of anilines is 1. The lowest BCUT2D eigenvalue weighted by molar-refractivity contribution is 0.0949. The smallest absolute Gasteiger partial charge is 0.255 e. The molecule has 3 aromatic rings. The molecule has 0 spiro atoms. The molecule has 0 saturated heterocycles. The van der Waals surface area contributed by atoms with E-state index >= 15 is 0 Å². The molecule has 0 atom stereocenters. The number of rotatable bonds is 6. The molecule has 0 saturated carbocycles. The fourth-order valence-electron chi connectivity index (χ4n) is 2.53. The van der Waals surface area contributed by atoms with Crippen molar-refractivity contribution in [1.29, 1.82) is 0 Å². The molecule has 2 N–H and O–H groups in total. The number of benzene rings is 3. The van der Waals surface area contributed by atoms with Crippen molar-refractivity contribution in [2.24, 2.45) is 0 Å². The van der Waals surface area contributed by atoms with Crippen LogP contribution in [0, 0.1) is 0 Å². The third-order valence-corrected chi connectivity index (χ3v) is 4.05. The quantitative estimate of drug-likeness (QED) is 0.701. The van der Waals surface area contributed by atoms with Gasteiger partial charge in [0.25, 0.3) is 11.8 Å². The summed E-state index contributed by atoms with van der Waals surface area (Å²) < 4.78 is 5.09. The van der Waals surface area contributed by atoms with E-state index < -0.39 is 0 Å². The van der Waals surface area contributed by atoms with Gasteiger partial charge in [-0.05, 0) is 54.1 Å². The highest BCUT2D eigenvalue weighted by atomic mass is 16.5. The van der Waals surface area contributed by atoms with Gasteiger partial charge >= 0.3 is 0 Å². The molecular weight excluding hydrogens is 340 g/mol. The number of carbonyl (C=O) groups excluding carboxylic acids is 2. The summed E-state index contributed by atoms with van der Waals surface area (Å²) in [5.74, 6) is 0.302. The van der Waals surface area contributed by atoms with E-state index in [-0.39, 0.29) is 11.8 Å². The molecule has 5 nitrogen and oxygen atoms in total. The van der Waals surface area contributed by atoms with Crippen LogP contribution < -0.4 is 15.4 Å². The number of ether oxygens (including phenoxy) is 1. The van der Waals surface area contributed by atoms with Gasteiger partial charge in [0.15, 0.2) is 0 Å². The first kappa shape index (κ1) is 18.2. The van der Waals surface area contributed by atoms with Crippen LogP contribution in [0.5, 0.6) is 5.75 Å². The van der Waals surface area contributed by atoms with Crippen molar-refractivity contribution in [3.8, 4) is 5.75 Å². The van der Waals surface area contributed by atoms with Gasteiger partial charge in [-0.3, -0.25) is 9.59 Å². The average molecular weight is 360 g/mol. The first-order chi connectivity index (χ1) is 13.2. The van der Waals surface area contributed by atoms with Crippen LogP contribution in [0.1, 0.15) is 26.3 Å². The maximum Gasteiger partial charge on any atom is 0.255 e. The Morgan fingerprint density at radius 3 is 1.96 bits per heavy atom. The van der Waals surface area contributed by atoms with E-state index in [2.05, 4.69) is 10.6 Å². The van der Waals surface area contributed by atoms with Crippen molar-refractivity contribution in [3.63, 3.8) is 0 Å². The molecule has 0 unspecified atom stereocenters. The van der Waals surface area contributed by atoms with E-state index in [4.69, 9.17) is 4.74 Å². The summed E-state index contributed by atoms with van der Waals surface area (Å²) in [4.78, 5) is 24.5. The molecule has 0 aliphatic carbocycles. The zero-order chi connectivity index (χ0) is 19.1. The standard InChI is InChI=1S/C22H20N2O3/c1-27-20-13-11-19(12-14-20)24-22(26)18-9-7-17(8-10-18)21(25)23-15-16-5-3-2-4-6-16/h2-14H,15H2,1H3,(H,23,25)(H,24,26). The minimum Gasteiger partial charge on any atom is -0.497 e. The first-order valence-electron chi connectivity index (χ1n) is 8.53. The average Bonchev–Trinajstić information content (AvgIpc) is 2.73. The molecule has 0 radical (unpaired) electrons. The molecule has 0 aliphatic heterocycles. The Kier molecular flexibility index (Phi) is 5.84. The highest BCUT2D eigenvalue weighted by Crippen LogP contribution is 2.16. The van der Waals surface area contributed by atoms with E-state index in [9.17, 15) is 9.59 Å². The summed E-state index contributed by atoms with van der Waals surface area (Å²) in [5, 5.41) is 5.67. The van der Waals surface area contributed by atoms with Crippen molar-refractivity contribution in [3.05, 3.63) is 95.6 Å². The van der Waals surface area contributed by atoms with Gasteiger partial charge in [-0.2, -0.15) is 0 Å². The Morgan fingerprint density at radius 1 is 0.778 bits per heavy atom. The lowest BCUT2D eigenvalue weighted by Gasteiger charge is -2.08. The number of amides is 2. The maximum absolute atomic E-state index is 12.3. The summed E-state index contributed by atoms with van der Waals surface area (Å²) in [6.45, 7) is 0.458. The Hall–Kier alpha value is -3.60. The second-order valence-electron chi connectivity index (χ2n) is 5.93. The Balaban J connectivity index is 1.58. The van der Waals surface area contributed by atoms with Gasteiger partial charge in [0.2, 0.25) is 0 Å². The second kappa shape index (κ2) is 8.67. The highest BCUT2D eigenvalue weighted by Gasteiger charge is 2.09. The van der Waals surface area contributed by atoms with Gasteiger partial charge in [0.05, 0.1) is 7.11 Å². The van der Waals surface area contributed by atoms with Crippen LogP contribution in [0.3, 0.4) is 0 Å². The molecule has 0 fully saturated rings. The van der Waals surface area contributed by atoms with Crippen LogP contribution in [0.25, 0.3) is 0 Å². The molecule has 0 aliphatic rings. The van der Waals surface area contributed by atoms with Crippen LogP contribution in [-0.4, -0.2) is 18.9 Å². The topological polar surface area (TPSA) is 67.4 Å². The van der Waals surface area contributed by atoms with Gasteiger partial charge in [0.1, 0.15) is 5.75 Å². The third kappa shape index (κ3) is 4.95. The SMILES string of the molecule is COc1ccc(NC(=O)c2ccc(C(=O)NCc3ccccc3)cc2)cc1. The van der Waals surface area contributed by atoms with E-state index in [1.165, 1.54) is 0 Å². The zero-order valence-electron chi connectivity index (χ0n) is 14.9. The summed E-state index contributed by atoms with van der Waals surface area (Å²) in [5.41, 5.74) is 2.68. The fourth-order valence-corrected chi connectivity index (χ4v) is 2.53. The number of nitrogens with one attached hydrogen (secondary N) is 2. The second-order valence-corrected chi connectivity index (χ2v) is 5.93. The number of hydrogen-bond donors (Lipinski definition) is 2. The van der Waals surface area contributed by atoms with E-state index in [1.54, 1.807) is 55.6 Å². The molecule has 27 heavy (non-hydrogen) atoms. The lowest BCUT2D eigenvalue weighted by atomic mass is 10.1. The van der Waals surface area contributed by atoms with Crippen molar-refractivity contribution in [2.45, 2.75) is 6.54 Å². The predicted octanol–water partition coefficient (Wildman–Crippen LogP) is 3.88. The Bertz CT molecular complexity index is 905. The monoisotopic (exact) mass is 360 g/mol. The van der Waals surface area contributed by atoms with Crippen LogP contribution in [0.2, 0.25) is 0 Å². The molecule has 3 aromatic carbocycles. The summed E-state index contributed by atoms with van der Waals surface area (Å²) in [6.07, 6.45) is 0. The highest BCUT2D eigenvalue weighted by molar-refractivity contribution is 6.05. The summed E-state index contributed by atoms with van der Waals surface area (Å²) >= 11 is 0. The fraction of sp³-hybridized carbons (Fsp3) is 0.0909. The van der Waals surface area contributed by atoms with E-state index in [0.717, 1.165) is 11.3 Å². The van der Waals surface area contributed by atoms with Crippen LogP contribution in [0.15, 0.2) is 78.9 Å².